The third kappa shape index (κ3) is 2.51. The van der Waals surface area contributed by atoms with Crippen molar-refractivity contribution in [1.29, 1.82) is 0 Å². The number of halogens is 1. The van der Waals surface area contributed by atoms with Gasteiger partial charge in [-0.15, -0.1) is 0 Å². The highest BCUT2D eigenvalue weighted by Gasteiger charge is 2.25. The maximum atomic E-state index is 9.91. The van der Waals surface area contributed by atoms with Gasteiger partial charge in [0.1, 0.15) is 0 Å². The zero-order valence-electron chi connectivity index (χ0n) is 8.83. The molecule has 0 aliphatic carbocycles. The minimum absolute atomic E-state index is 0.230. The maximum absolute atomic E-state index is 9.91. The highest BCUT2D eigenvalue weighted by molar-refractivity contribution is 6.31. The van der Waals surface area contributed by atoms with E-state index in [1.807, 2.05) is 19.1 Å². The molecule has 1 saturated heterocycles. The molecule has 0 bridgehead atoms. The van der Waals surface area contributed by atoms with Gasteiger partial charge in [0.2, 0.25) is 0 Å². The Balaban J connectivity index is 2.00. The maximum Gasteiger partial charge on any atom is 0.0632 e. The van der Waals surface area contributed by atoms with Gasteiger partial charge in [-0.2, -0.15) is 0 Å². The van der Waals surface area contributed by atoms with Crippen molar-refractivity contribution in [3.8, 4) is 0 Å². The summed E-state index contributed by atoms with van der Waals surface area (Å²) in [6.45, 7) is 3.87. The van der Waals surface area contributed by atoms with E-state index in [1.165, 1.54) is 0 Å². The smallest absolute Gasteiger partial charge is 0.0632 e. The molecule has 3 heteroatoms. The van der Waals surface area contributed by atoms with E-state index in [2.05, 4.69) is 11.4 Å². The van der Waals surface area contributed by atoms with Gasteiger partial charge < -0.3 is 10.4 Å². The van der Waals surface area contributed by atoms with Gasteiger partial charge in [0, 0.05) is 24.0 Å². The fourth-order valence-corrected chi connectivity index (χ4v) is 1.94. The first kappa shape index (κ1) is 10.9. The molecule has 1 unspecified atom stereocenters. The Hall–Kier alpha value is -0.570. The Morgan fingerprint density at radius 3 is 2.80 bits per heavy atom. The summed E-state index contributed by atoms with van der Waals surface area (Å²) in [7, 11) is 0. The number of aliphatic hydroxyl groups is 1. The van der Waals surface area contributed by atoms with Gasteiger partial charge in [-0.25, -0.2) is 0 Å². The van der Waals surface area contributed by atoms with Crippen LogP contribution in [0.5, 0.6) is 0 Å². The number of rotatable bonds is 3. The van der Waals surface area contributed by atoms with E-state index in [1.54, 1.807) is 0 Å². The van der Waals surface area contributed by atoms with Crippen molar-refractivity contribution < 1.29 is 5.11 Å². The Kier molecular flexibility index (Phi) is 3.29. The number of nitrogens with one attached hydrogen (secondary N) is 1. The number of benzene rings is 1. The molecule has 1 aromatic carbocycles. The van der Waals surface area contributed by atoms with E-state index >= 15 is 0 Å². The summed E-state index contributed by atoms with van der Waals surface area (Å²) in [5.74, 6) is 0.418. The van der Waals surface area contributed by atoms with Crippen LogP contribution in [0.4, 0.5) is 0 Å². The molecule has 2 N–H and O–H groups in total. The Bertz CT molecular complexity index is 349. The van der Waals surface area contributed by atoms with Crippen molar-refractivity contribution >= 4 is 11.6 Å². The fourth-order valence-electron chi connectivity index (χ4n) is 1.83. The van der Waals surface area contributed by atoms with Crippen LogP contribution in [0.1, 0.15) is 11.1 Å². The SMILES string of the molecule is Cc1cc(CC(O)C2CNC2)ccc1Cl. The molecule has 1 aromatic rings. The molecule has 0 aromatic heterocycles. The Morgan fingerprint density at radius 2 is 2.27 bits per heavy atom. The minimum Gasteiger partial charge on any atom is -0.392 e. The van der Waals surface area contributed by atoms with E-state index < -0.39 is 0 Å². The van der Waals surface area contributed by atoms with Gasteiger partial charge in [0.25, 0.3) is 0 Å². The van der Waals surface area contributed by atoms with Crippen LogP contribution in [0.2, 0.25) is 5.02 Å². The summed E-state index contributed by atoms with van der Waals surface area (Å²) in [4.78, 5) is 0. The first-order chi connectivity index (χ1) is 7.16. The van der Waals surface area contributed by atoms with Crippen LogP contribution in [0.3, 0.4) is 0 Å². The number of aryl methyl sites for hydroxylation is 1. The second kappa shape index (κ2) is 4.52. The molecule has 1 heterocycles. The molecule has 1 aliphatic rings. The number of aliphatic hydroxyl groups excluding tert-OH is 1. The predicted octanol–water partition coefficient (Wildman–Crippen LogP) is 1.77. The molecule has 1 fully saturated rings. The van der Waals surface area contributed by atoms with Crippen LogP contribution in [0.15, 0.2) is 18.2 Å². The molecule has 0 spiro atoms. The zero-order chi connectivity index (χ0) is 10.8. The van der Waals surface area contributed by atoms with Gasteiger partial charge in [-0.1, -0.05) is 23.7 Å². The summed E-state index contributed by atoms with van der Waals surface area (Å²) < 4.78 is 0. The molecule has 2 nitrogen and oxygen atoms in total. The van der Waals surface area contributed by atoms with Crippen LogP contribution >= 0.6 is 11.6 Å². The van der Waals surface area contributed by atoms with E-state index in [4.69, 9.17) is 11.6 Å². The second-order valence-corrected chi connectivity index (χ2v) is 4.68. The number of hydrogen-bond acceptors (Lipinski definition) is 2. The van der Waals surface area contributed by atoms with Gasteiger partial charge >= 0.3 is 0 Å². The zero-order valence-corrected chi connectivity index (χ0v) is 9.59. The quantitative estimate of drug-likeness (QED) is 0.822. The van der Waals surface area contributed by atoms with Gasteiger partial charge in [0.15, 0.2) is 0 Å². The largest absolute Gasteiger partial charge is 0.392 e. The second-order valence-electron chi connectivity index (χ2n) is 4.27. The molecule has 1 atom stereocenters. The van der Waals surface area contributed by atoms with Crippen LogP contribution in [0.25, 0.3) is 0 Å². The average Bonchev–Trinajstić information content (AvgIpc) is 2.08. The van der Waals surface area contributed by atoms with Crippen molar-refractivity contribution in [3.05, 3.63) is 34.3 Å². The minimum atomic E-state index is -0.230. The molecule has 2 rings (SSSR count). The van der Waals surface area contributed by atoms with Crippen molar-refractivity contribution in [3.63, 3.8) is 0 Å². The molecule has 0 radical (unpaired) electrons. The van der Waals surface area contributed by atoms with Crippen LogP contribution in [-0.4, -0.2) is 24.3 Å². The lowest BCUT2D eigenvalue weighted by Gasteiger charge is -2.31. The summed E-state index contributed by atoms with van der Waals surface area (Å²) >= 11 is 5.95. The molecule has 1 aliphatic heterocycles. The molecular weight excluding hydrogens is 210 g/mol. The molecule has 82 valence electrons. The van der Waals surface area contributed by atoms with Crippen molar-refractivity contribution in [2.24, 2.45) is 5.92 Å². The summed E-state index contributed by atoms with van der Waals surface area (Å²) in [6.07, 6.45) is 0.497. The van der Waals surface area contributed by atoms with E-state index in [9.17, 15) is 5.11 Å². The van der Waals surface area contributed by atoms with E-state index in [0.29, 0.717) is 5.92 Å². The lowest BCUT2D eigenvalue weighted by molar-refractivity contribution is 0.0772. The van der Waals surface area contributed by atoms with E-state index in [0.717, 1.165) is 35.7 Å². The van der Waals surface area contributed by atoms with Crippen LogP contribution < -0.4 is 5.32 Å². The van der Waals surface area contributed by atoms with Crippen LogP contribution in [0, 0.1) is 12.8 Å². The van der Waals surface area contributed by atoms with Crippen LogP contribution in [-0.2, 0) is 6.42 Å². The molecular formula is C12H16ClNO. The van der Waals surface area contributed by atoms with Gasteiger partial charge in [-0.05, 0) is 30.5 Å². The van der Waals surface area contributed by atoms with Gasteiger partial charge in [-0.3, -0.25) is 0 Å². The van der Waals surface area contributed by atoms with Gasteiger partial charge in [0.05, 0.1) is 6.10 Å². The molecule has 0 saturated carbocycles. The first-order valence-electron chi connectivity index (χ1n) is 5.30. The third-order valence-electron chi connectivity index (χ3n) is 3.02. The predicted molar refractivity (Wildman–Crippen MR) is 62.3 cm³/mol. The third-order valence-corrected chi connectivity index (χ3v) is 3.45. The fraction of sp³-hybridized carbons (Fsp3) is 0.500. The van der Waals surface area contributed by atoms with Crippen molar-refractivity contribution in [2.45, 2.75) is 19.4 Å². The number of hydrogen-bond donors (Lipinski definition) is 2. The first-order valence-corrected chi connectivity index (χ1v) is 5.68. The summed E-state index contributed by atoms with van der Waals surface area (Å²) in [5, 5.41) is 13.9. The highest BCUT2D eigenvalue weighted by Crippen LogP contribution is 2.19. The summed E-state index contributed by atoms with van der Waals surface area (Å²) in [6, 6.07) is 5.94. The molecule has 15 heavy (non-hydrogen) atoms. The highest BCUT2D eigenvalue weighted by atomic mass is 35.5. The monoisotopic (exact) mass is 225 g/mol. The average molecular weight is 226 g/mol. The van der Waals surface area contributed by atoms with Crippen molar-refractivity contribution in [1.82, 2.24) is 5.32 Å². The Morgan fingerprint density at radius 1 is 1.53 bits per heavy atom. The van der Waals surface area contributed by atoms with E-state index in [-0.39, 0.29) is 6.10 Å². The molecule has 0 amide bonds. The lowest BCUT2D eigenvalue weighted by atomic mass is 9.91. The van der Waals surface area contributed by atoms with Crippen molar-refractivity contribution in [2.75, 3.05) is 13.1 Å². The lowest BCUT2D eigenvalue weighted by Crippen LogP contribution is -2.49. The topological polar surface area (TPSA) is 32.3 Å². The normalized spacial score (nSPS) is 18.6. The standard InChI is InChI=1S/C12H16ClNO/c1-8-4-9(2-3-11(8)13)5-12(15)10-6-14-7-10/h2-4,10,12,14-15H,5-7H2,1H3. The summed E-state index contributed by atoms with van der Waals surface area (Å²) in [5.41, 5.74) is 2.24. The Labute approximate surface area is 95.3 Å².